The van der Waals surface area contributed by atoms with E-state index in [9.17, 15) is 0 Å². The summed E-state index contributed by atoms with van der Waals surface area (Å²) in [5.41, 5.74) is 29.7. The highest BCUT2D eigenvalue weighted by Gasteiger charge is 2.36. The summed E-state index contributed by atoms with van der Waals surface area (Å²) in [6.45, 7) is 0. The van der Waals surface area contributed by atoms with E-state index in [1.54, 1.807) is 0 Å². The van der Waals surface area contributed by atoms with Crippen LogP contribution in [0.4, 0.5) is 52.0 Å². The molecule has 0 fully saturated rings. The molecule has 12 nitrogen and oxygen atoms in total. The van der Waals surface area contributed by atoms with Crippen molar-refractivity contribution in [1.29, 1.82) is 0 Å². The summed E-state index contributed by atoms with van der Waals surface area (Å²) in [6, 6.07) is 173. The van der Waals surface area contributed by atoms with E-state index in [2.05, 4.69) is 514 Å². The van der Waals surface area contributed by atoms with Crippen LogP contribution in [0.2, 0.25) is 0 Å². The number of hydrogen-bond donors (Lipinski definition) is 0. The average molecular weight is 1830 g/mol. The van der Waals surface area contributed by atoms with E-state index in [-0.39, 0.29) is 0 Å². The van der Waals surface area contributed by atoms with E-state index in [0.29, 0.717) is 17.8 Å². The molecule has 0 radical (unpaired) electrons. The second-order valence-corrected chi connectivity index (χ2v) is 37.4. The summed E-state index contributed by atoms with van der Waals surface area (Å²) in [7, 11) is 0. The van der Waals surface area contributed by atoms with Crippen LogP contribution >= 0.6 is 0 Å². The lowest BCUT2D eigenvalue weighted by molar-refractivity contribution is 1.04. The average Bonchev–Trinajstić information content (AvgIpc) is 1.57. The number of hydrogen-bond acceptors (Lipinski definition) is 9. The fourth-order valence-corrected chi connectivity index (χ4v) is 23.6. The van der Waals surface area contributed by atoms with Crippen LogP contribution in [0.1, 0.15) is 0 Å². The maximum Gasteiger partial charge on any atom is 0.237 e. The lowest BCUT2D eigenvalue weighted by Gasteiger charge is -2.33. The molecule has 0 unspecified atom stereocenters. The van der Waals surface area contributed by atoms with Crippen LogP contribution in [0.25, 0.3) is 236 Å². The molecule has 12 heteroatoms. The van der Waals surface area contributed by atoms with Crippen LogP contribution in [0.5, 0.6) is 0 Å². The van der Waals surface area contributed by atoms with Gasteiger partial charge in [-0.15, -0.1) is 0 Å². The maximum absolute atomic E-state index is 5.50. The minimum absolute atomic E-state index is 0.652. The molecular formula is C132H80N12. The van der Waals surface area contributed by atoms with Crippen LogP contribution in [0, 0.1) is 0 Å². The number of nitrogens with zero attached hydrogens (tertiary/aromatic N) is 12. The first-order valence-electron chi connectivity index (χ1n) is 49.0. The number of fused-ring (bicyclic) bond motifs is 24. The second kappa shape index (κ2) is 32.0. The highest BCUT2D eigenvalue weighted by atomic mass is 15.3. The highest BCUT2D eigenvalue weighted by molar-refractivity contribution is 6.24. The van der Waals surface area contributed by atoms with E-state index < -0.39 is 0 Å². The fourth-order valence-electron chi connectivity index (χ4n) is 23.6. The zero-order valence-corrected chi connectivity index (χ0v) is 77.6. The summed E-state index contributed by atoms with van der Waals surface area (Å²) in [5, 5.41) is 24.9. The van der Waals surface area contributed by atoms with Gasteiger partial charge in [0, 0.05) is 104 Å². The smallest absolute Gasteiger partial charge is 0.237 e. The van der Waals surface area contributed by atoms with Gasteiger partial charge >= 0.3 is 0 Å². The van der Waals surface area contributed by atoms with E-state index in [1.807, 2.05) is 0 Å². The third-order valence-electron chi connectivity index (χ3n) is 29.7. The van der Waals surface area contributed by atoms with Crippen LogP contribution in [0.3, 0.4) is 0 Å². The standard InChI is InChI=1S/2C46H28N4.C40H24N4/c1-2-15-32(16-3-1)49-39-22-9-7-18-34(39)37-28-31(25-26-40(37)49)45-35-19-6-8-21-38(35)47-46(48-45)50-41-23-11-14-30-13-10-20-36(43(30)41)44-33-17-5-4-12-29(33)24-27-42(44)50;1-2-15-32(16-3-1)49-39-22-9-7-18-34(39)35-26-24-31(28-42(35)49)45-36-19-6-8-21-38(36)47-46(48-45)50-40-23-11-14-30-13-10-20-37(43(30)40)44-33-17-5-4-12-29(33)25-27-41(44)50;1-2-14-27-25(11-1)23-24-36-38(27)31-18-9-12-26-13-10-22-35(37(26)31)44(36)40-41-32-19-6-3-17-30(32)39(42-40)43-33-20-7-4-15-28(33)29-16-5-8-21-34(29)43/h2*1-28H;1-24H. The molecule has 668 valence electrons. The fraction of sp³-hybridized carbons (Fsp3) is 0. The third-order valence-corrected chi connectivity index (χ3v) is 29.7. The number of benzene rings is 23. The lowest BCUT2D eigenvalue weighted by atomic mass is 9.88. The van der Waals surface area contributed by atoms with Gasteiger partial charge in [-0.3, -0.25) is 19.3 Å². The van der Waals surface area contributed by atoms with Crippen molar-refractivity contribution in [3.8, 4) is 73.1 Å². The topological polar surface area (TPSA) is 102 Å². The van der Waals surface area contributed by atoms with E-state index in [4.69, 9.17) is 29.9 Å². The zero-order valence-electron chi connectivity index (χ0n) is 77.6. The van der Waals surface area contributed by atoms with Crippen molar-refractivity contribution >= 4 is 215 Å². The Kier molecular flexibility index (Phi) is 17.9. The normalized spacial score (nSPS) is 12.4. The molecule has 29 aromatic rings. The van der Waals surface area contributed by atoms with Gasteiger partial charge in [-0.25, -0.2) is 24.9 Å². The molecule has 9 heterocycles. The quantitative estimate of drug-likeness (QED) is 0.147. The van der Waals surface area contributed by atoms with Gasteiger partial charge in [-0.1, -0.05) is 358 Å². The Morgan fingerprint density at radius 2 is 0.458 bits per heavy atom. The molecule has 0 saturated carbocycles. The molecule has 32 rings (SSSR count). The van der Waals surface area contributed by atoms with Crippen LogP contribution in [-0.2, 0) is 0 Å². The van der Waals surface area contributed by atoms with Crippen LogP contribution in [-0.4, -0.2) is 43.6 Å². The molecule has 0 bridgehead atoms. The van der Waals surface area contributed by atoms with Crippen molar-refractivity contribution in [1.82, 2.24) is 43.6 Å². The Labute approximate surface area is 825 Å². The highest BCUT2D eigenvalue weighted by Crippen LogP contribution is 2.58. The predicted octanol–water partition coefficient (Wildman–Crippen LogP) is 34.8. The largest absolute Gasteiger partial charge is 0.309 e. The van der Waals surface area contributed by atoms with Crippen molar-refractivity contribution in [2.75, 3.05) is 14.7 Å². The van der Waals surface area contributed by atoms with Crippen LogP contribution in [0.15, 0.2) is 485 Å². The molecule has 144 heavy (non-hydrogen) atoms. The summed E-state index contributed by atoms with van der Waals surface area (Å²) in [6.07, 6.45) is 0. The Balaban J connectivity index is 0.000000101. The van der Waals surface area contributed by atoms with Gasteiger partial charge in [0.15, 0.2) is 5.82 Å². The van der Waals surface area contributed by atoms with Crippen LogP contribution < -0.4 is 14.7 Å². The van der Waals surface area contributed by atoms with Gasteiger partial charge in [0.1, 0.15) is 0 Å². The number of para-hydroxylation sites is 9. The second-order valence-electron chi connectivity index (χ2n) is 37.4. The summed E-state index contributed by atoms with van der Waals surface area (Å²) in [5.74, 6) is 2.83. The monoisotopic (exact) mass is 1830 g/mol. The molecule has 6 aromatic heterocycles. The minimum atomic E-state index is 0.652. The van der Waals surface area contributed by atoms with Crippen molar-refractivity contribution < 1.29 is 0 Å². The predicted molar refractivity (Wildman–Crippen MR) is 599 cm³/mol. The maximum atomic E-state index is 5.50. The Bertz CT molecular complexity index is 10400. The number of rotatable bonds is 8. The molecule has 0 amide bonds. The molecule has 0 N–H and O–H groups in total. The molecule has 3 aliphatic rings. The molecular weight excluding hydrogens is 1750 g/mol. The summed E-state index contributed by atoms with van der Waals surface area (Å²) in [4.78, 5) is 39.1. The van der Waals surface area contributed by atoms with Gasteiger partial charge < -0.3 is 9.13 Å². The van der Waals surface area contributed by atoms with Gasteiger partial charge in [0.05, 0.1) is 95.2 Å². The number of anilines is 9. The first-order valence-corrected chi connectivity index (χ1v) is 49.0. The van der Waals surface area contributed by atoms with E-state index in [0.717, 1.165) is 123 Å². The lowest BCUT2D eigenvalue weighted by Crippen LogP contribution is -2.19. The molecule has 0 atom stereocenters. The minimum Gasteiger partial charge on any atom is -0.309 e. The number of aromatic nitrogens is 9. The van der Waals surface area contributed by atoms with E-state index in [1.165, 1.54) is 147 Å². The van der Waals surface area contributed by atoms with Gasteiger partial charge in [-0.05, 0) is 193 Å². The van der Waals surface area contributed by atoms with Crippen molar-refractivity contribution in [2.24, 2.45) is 0 Å². The van der Waals surface area contributed by atoms with Gasteiger partial charge in [0.25, 0.3) is 0 Å². The summed E-state index contributed by atoms with van der Waals surface area (Å²) >= 11 is 0. The van der Waals surface area contributed by atoms with E-state index >= 15 is 0 Å². The Morgan fingerprint density at radius 3 is 0.882 bits per heavy atom. The SMILES string of the molecule is c1ccc(-n2c3ccccc3c3cc(-c4nc(N5c6ccc7ccccc7c6-c6cccc7cccc5c67)nc5ccccc45)ccc32)cc1.c1ccc(-n2c3ccccc3c3ccc(-c4nc(N5c6ccc7ccccc7c6-c6cccc7cccc5c67)nc5ccccc45)cc32)cc1.c1ccc2c3c(ccc2c1)N(c1nc(-n2c4ccccc4c4ccccc42)c2ccccc2n1)c1cccc2cccc-3c12. The van der Waals surface area contributed by atoms with Crippen molar-refractivity contribution in [3.05, 3.63) is 485 Å². The molecule has 23 aromatic carbocycles. The Morgan fingerprint density at radius 1 is 0.160 bits per heavy atom. The zero-order chi connectivity index (χ0) is 94.3. The Hall–Kier alpha value is -19.6. The first-order chi connectivity index (χ1) is 71.5. The van der Waals surface area contributed by atoms with Crippen molar-refractivity contribution in [2.45, 2.75) is 0 Å². The molecule has 0 aliphatic carbocycles. The summed E-state index contributed by atoms with van der Waals surface area (Å²) < 4.78 is 7.02. The molecule has 3 aliphatic heterocycles. The van der Waals surface area contributed by atoms with Crippen molar-refractivity contribution in [3.63, 3.8) is 0 Å². The van der Waals surface area contributed by atoms with Gasteiger partial charge in [-0.2, -0.15) is 4.98 Å². The third kappa shape index (κ3) is 12.3. The molecule has 0 saturated heterocycles. The first kappa shape index (κ1) is 80.5. The van der Waals surface area contributed by atoms with Gasteiger partial charge in [0.2, 0.25) is 17.8 Å². The molecule has 0 spiro atoms.